The van der Waals surface area contributed by atoms with E-state index in [1.807, 2.05) is 24.3 Å². The molecule has 2 N–H and O–H groups in total. The summed E-state index contributed by atoms with van der Waals surface area (Å²) < 4.78 is 0. The van der Waals surface area contributed by atoms with Gasteiger partial charge in [-0.2, -0.15) is 0 Å². The van der Waals surface area contributed by atoms with Crippen molar-refractivity contribution in [1.29, 1.82) is 0 Å². The Morgan fingerprint density at radius 3 is 1.45 bits per heavy atom. The second-order valence-electron chi connectivity index (χ2n) is 7.03. The summed E-state index contributed by atoms with van der Waals surface area (Å²) in [5.41, 5.74) is 2.49. The first-order chi connectivity index (χ1) is 10.5. The largest absolute Gasteiger partial charge is 0.508 e. The smallest absolute Gasteiger partial charge is 0.115 e. The average molecular weight is 296 g/mol. The zero-order chi connectivity index (χ0) is 15.7. The van der Waals surface area contributed by atoms with Gasteiger partial charge in [0, 0.05) is 5.41 Å². The van der Waals surface area contributed by atoms with Gasteiger partial charge in [0.05, 0.1) is 0 Å². The fourth-order valence-corrected chi connectivity index (χ4v) is 4.33. The third-order valence-electron chi connectivity index (χ3n) is 5.04. The number of rotatable bonds is 2. The minimum absolute atomic E-state index is 0.0293. The van der Waals surface area contributed by atoms with Crippen LogP contribution in [0.3, 0.4) is 0 Å². The molecule has 3 rings (SSSR count). The number of aromatic hydroxyl groups is 2. The predicted octanol–water partition coefficient (Wildman–Crippen LogP) is 4.84. The second-order valence-corrected chi connectivity index (χ2v) is 7.03. The molecule has 0 aromatic heterocycles. The van der Waals surface area contributed by atoms with Crippen LogP contribution in [0.5, 0.6) is 11.5 Å². The topological polar surface area (TPSA) is 40.5 Å². The molecule has 22 heavy (non-hydrogen) atoms. The van der Waals surface area contributed by atoms with Gasteiger partial charge in [0.25, 0.3) is 0 Å². The van der Waals surface area contributed by atoms with Gasteiger partial charge < -0.3 is 10.2 Å². The van der Waals surface area contributed by atoms with E-state index >= 15 is 0 Å². The Labute approximate surface area is 132 Å². The molecule has 2 aromatic carbocycles. The summed E-state index contributed by atoms with van der Waals surface area (Å²) in [6, 6.07) is 15.3. The van der Waals surface area contributed by atoms with Crippen molar-refractivity contribution < 1.29 is 10.2 Å². The molecule has 0 amide bonds. The molecule has 1 aliphatic rings. The molecule has 2 unspecified atom stereocenters. The van der Waals surface area contributed by atoms with Gasteiger partial charge in [0.1, 0.15) is 11.5 Å². The van der Waals surface area contributed by atoms with Gasteiger partial charge in [-0.05, 0) is 66.5 Å². The molecule has 2 aromatic rings. The van der Waals surface area contributed by atoms with Crippen LogP contribution in [0, 0.1) is 11.8 Å². The molecule has 2 atom stereocenters. The van der Waals surface area contributed by atoms with E-state index in [2.05, 4.69) is 13.8 Å². The van der Waals surface area contributed by atoms with Crippen molar-refractivity contribution in [2.24, 2.45) is 11.8 Å². The van der Waals surface area contributed by atoms with Crippen LogP contribution in [-0.4, -0.2) is 10.2 Å². The fourth-order valence-electron chi connectivity index (χ4n) is 4.33. The number of hydrogen-bond donors (Lipinski definition) is 2. The van der Waals surface area contributed by atoms with E-state index in [4.69, 9.17) is 0 Å². The summed E-state index contributed by atoms with van der Waals surface area (Å²) in [5.74, 6) is 1.93. The molecule has 0 radical (unpaired) electrons. The first-order valence-corrected chi connectivity index (χ1v) is 8.08. The van der Waals surface area contributed by atoms with Crippen LogP contribution < -0.4 is 0 Å². The first kappa shape index (κ1) is 15.0. The minimum atomic E-state index is -0.0293. The number of benzene rings is 2. The lowest BCUT2D eigenvalue weighted by Gasteiger charge is -2.44. The Morgan fingerprint density at radius 1 is 0.727 bits per heavy atom. The van der Waals surface area contributed by atoms with Crippen LogP contribution in [0.1, 0.15) is 44.2 Å². The molecule has 0 bridgehead atoms. The summed E-state index contributed by atoms with van der Waals surface area (Å²) in [6.07, 6.45) is 3.47. The molecular weight excluding hydrogens is 272 g/mol. The monoisotopic (exact) mass is 296 g/mol. The highest BCUT2D eigenvalue weighted by Gasteiger charge is 2.40. The fraction of sp³-hybridized carbons (Fsp3) is 0.400. The van der Waals surface area contributed by atoms with Gasteiger partial charge in [0.2, 0.25) is 0 Å². The zero-order valence-electron chi connectivity index (χ0n) is 13.3. The highest BCUT2D eigenvalue weighted by molar-refractivity contribution is 5.43. The third-order valence-corrected chi connectivity index (χ3v) is 5.04. The van der Waals surface area contributed by atoms with E-state index in [1.165, 1.54) is 17.5 Å². The van der Waals surface area contributed by atoms with E-state index in [1.54, 1.807) is 24.3 Å². The van der Waals surface area contributed by atoms with Crippen molar-refractivity contribution in [1.82, 2.24) is 0 Å². The molecule has 0 saturated heterocycles. The third kappa shape index (κ3) is 2.70. The summed E-state index contributed by atoms with van der Waals surface area (Å²) >= 11 is 0. The normalized spacial score (nSPS) is 24.1. The highest BCUT2D eigenvalue weighted by Crippen LogP contribution is 2.49. The van der Waals surface area contributed by atoms with Crippen LogP contribution in [-0.2, 0) is 5.41 Å². The molecule has 0 aliphatic heterocycles. The average Bonchev–Trinajstić information content (AvgIpc) is 2.47. The lowest BCUT2D eigenvalue weighted by molar-refractivity contribution is 0.210. The maximum Gasteiger partial charge on any atom is 0.115 e. The van der Waals surface area contributed by atoms with E-state index in [-0.39, 0.29) is 5.41 Å². The van der Waals surface area contributed by atoms with Crippen molar-refractivity contribution in [3.8, 4) is 11.5 Å². The zero-order valence-corrected chi connectivity index (χ0v) is 13.3. The van der Waals surface area contributed by atoms with Gasteiger partial charge in [-0.1, -0.05) is 38.1 Å². The lowest BCUT2D eigenvalue weighted by Crippen LogP contribution is -2.36. The highest BCUT2D eigenvalue weighted by atomic mass is 16.3. The molecule has 1 fully saturated rings. The minimum Gasteiger partial charge on any atom is -0.508 e. The molecule has 0 heterocycles. The van der Waals surface area contributed by atoms with E-state index in [9.17, 15) is 10.2 Å². The second kappa shape index (κ2) is 5.68. The molecule has 2 nitrogen and oxygen atoms in total. The molecule has 0 spiro atoms. The lowest BCUT2D eigenvalue weighted by atomic mass is 9.60. The Bertz CT molecular complexity index is 570. The molecular formula is C20H24O2. The summed E-state index contributed by atoms with van der Waals surface area (Å²) in [7, 11) is 0. The predicted molar refractivity (Wildman–Crippen MR) is 89.2 cm³/mol. The van der Waals surface area contributed by atoms with Crippen molar-refractivity contribution in [3.05, 3.63) is 59.7 Å². The van der Waals surface area contributed by atoms with Crippen molar-refractivity contribution in [2.75, 3.05) is 0 Å². The summed E-state index contributed by atoms with van der Waals surface area (Å²) in [6.45, 7) is 4.65. The Kier molecular flexibility index (Phi) is 3.86. The Hall–Kier alpha value is -1.96. The Morgan fingerprint density at radius 2 is 1.09 bits per heavy atom. The Balaban J connectivity index is 2.12. The van der Waals surface area contributed by atoms with Gasteiger partial charge in [-0.3, -0.25) is 0 Å². The maximum atomic E-state index is 9.62. The van der Waals surface area contributed by atoms with Gasteiger partial charge in [-0.15, -0.1) is 0 Å². The summed E-state index contributed by atoms with van der Waals surface area (Å²) in [5, 5.41) is 19.2. The van der Waals surface area contributed by atoms with Crippen LogP contribution in [0.4, 0.5) is 0 Å². The SMILES string of the molecule is CC1CC(C)CC(c2ccc(O)cc2)(c2ccc(O)cc2)C1. The van der Waals surface area contributed by atoms with Gasteiger partial charge in [-0.25, -0.2) is 0 Å². The van der Waals surface area contributed by atoms with Crippen LogP contribution >= 0.6 is 0 Å². The quantitative estimate of drug-likeness (QED) is 0.832. The van der Waals surface area contributed by atoms with E-state index < -0.39 is 0 Å². The number of phenols is 2. The summed E-state index contributed by atoms with van der Waals surface area (Å²) in [4.78, 5) is 0. The number of hydrogen-bond acceptors (Lipinski definition) is 2. The van der Waals surface area contributed by atoms with E-state index in [0.29, 0.717) is 23.3 Å². The standard InChI is InChI=1S/C20H24O2/c1-14-11-15(2)13-20(12-14,16-3-7-18(21)8-4-16)17-5-9-19(22)10-6-17/h3-10,14-15,21-22H,11-13H2,1-2H3. The molecule has 116 valence electrons. The molecule has 1 saturated carbocycles. The van der Waals surface area contributed by atoms with Crippen LogP contribution in [0.2, 0.25) is 0 Å². The number of phenolic OH excluding ortho intramolecular Hbond substituents is 2. The first-order valence-electron chi connectivity index (χ1n) is 8.08. The van der Waals surface area contributed by atoms with Gasteiger partial charge in [0.15, 0.2) is 0 Å². The van der Waals surface area contributed by atoms with Crippen LogP contribution in [0.25, 0.3) is 0 Å². The molecule has 1 aliphatic carbocycles. The maximum absolute atomic E-state index is 9.62. The van der Waals surface area contributed by atoms with Crippen molar-refractivity contribution >= 4 is 0 Å². The molecule has 2 heteroatoms. The van der Waals surface area contributed by atoms with Crippen molar-refractivity contribution in [3.63, 3.8) is 0 Å². The van der Waals surface area contributed by atoms with Crippen LogP contribution in [0.15, 0.2) is 48.5 Å². The van der Waals surface area contributed by atoms with E-state index in [0.717, 1.165) is 12.8 Å². The van der Waals surface area contributed by atoms with Gasteiger partial charge >= 0.3 is 0 Å². The van der Waals surface area contributed by atoms with Crippen molar-refractivity contribution in [2.45, 2.75) is 38.5 Å².